The standard InChI is InChI=1S/C28H29Cl3N4O/c29-21-3-1-18(2-4-21)24-15-35(34-27(24)23-6-5-22(30)14-25(23)31)28(36)33-8-7-32-26-19-10-16-9-17(12-19)13-20(26)11-16/h1-6,14-17,19-20,26,32H,7-13H2,(H,33,36). The summed E-state index contributed by atoms with van der Waals surface area (Å²) in [5.41, 5.74) is 3.00. The van der Waals surface area contributed by atoms with E-state index in [0.29, 0.717) is 38.9 Å². The maximum absolute atomic E-state index is 13.0. The van der Waals surface area contributed by atoms with E-state index in [1.165, 1.54) is 36.8 Å². The minimum atomic E-state index is -0.270. The van der Waals surface area contributed by atoms with Gasteiger partial charge in [-0.2, -0.15) is 9.78 Å². The molecular formula is C28H29Cl3N4O. The number of hydrogen-bond donors (Lipinski definition) is 2. The number of nitrogens with zero attached hydrogens (tertiary/aromatic N) is 2. The number of nitrogens with one attached hydrogen (secondary N) is 2. The molecular weight excluding hydrogens is 515 g/mol. The molecule has 4 aliphatic rings. The van der Waals surface area contributed by atoms with E-state index in [2.05, 4.69) is 15.7 Å². The third kappa shape index (κ3) is 4.79. The molecule has 188 valence electrons. The lowest BCUT2D eigenvalue weighted by Gasteiger charge is -2.54. The minimum absolute atomic E-state index is 0.270. The van der Waals surface area contributed by atoms with E-state index in [1.807, 2.05) is 30.3 Å². The van der Waals surface area contributed by atoms with Crippen molar-refractivity contribution in [3.05, 3.63) is 63.7 Å². The number of hydrogen-bond acceptors (Lipinski definition) is 3. The van der Waals surface area contributed by atoms with Crippen molar-refractivity contribution < 1.29 is 4.79 Å². The van der Waals surface area contributed by atoms with Gasteiger partial charge in [0.1, 0.15) is 5.69 Å². The second kappa shape index (κ2) is 10.0. The lowest BCUT2D eigenvalue weighted by molar-refractivity contribution is -0.0132. The first-order chi connectivity index (χ1) is 17.4. The highest BCUT2D eigenvalue weighted by Crippen LogP contribution is 2.53. The number of rotatable bonds is 6. The Morgan fingerprint density at radius 1 is 0.861 bits per heavy atom. The van der Waals surface area contributed by atoms with Crippen LogP contribution in [0.3, 0.4) is 0 Å². The Morgan fingerprint density at radius 2 is 1.53 bits per heavy atom. The van der Waals surface area contributed by atoms with Gasteiger partial charge in [-0.3, -0.25) is 0 Å². The van der Waals surface area contributed by atoms with Crippen molar-refractivity contribution >= 4 is 40.8 Å². The fraction of sp³-hybridized carbons (Fsp3) is 0.429. The monoisotopic (exact) mass is 542 g/mol. The van der Waals surface area contributed by atoms with E-state index in [0.717, 1.165) is 41.3 Å². The summed E-state index contributed by atoms with van der Waals surface area (Å²) >= 11 is 18.7. The summed E-state index contributed by atoms with van der Waals surface area (Å²) < 4.78 is 1.35. The Morgan fingerprint density at radius 3 is 2.19 bits per heavy atom. The van der Waals surface area contributed by atoms with Gasteiger partial charge in [0.25, 0.3) is 0 Å². The SMILES string of the molecule is O=C(NCCNC1C2CC3CC(C2)CC1C3)n1cc(-c2ccc(Cl)cc2)c(-c2ccc(Cl)cc2Cl)n1. The summed E-state index contributed by atoms with van der Waals surface area (Å²) in [5.74, 6) is 3.56. The first-order valence-electron chi connectivity index (χ1n) is 12.8. The number of amides is 1. The van der Waals surface area contributed by atoms with Crippen LogP contribution >= 0.6 is 34.8 Å². The molecule has 1 amide bonds. The Labute approximate surface area is 226 Å². The van der Waals surface area contributed by atoms with Crippen LogP contribution in [-0.4, -0.2) is 34.9 Å². The fourth-order valence-corrected chi connectivity index (χ4v) is 7.57. The zero-order chi connectivity index (χ0) is 24.8. The van der Waals surface area contributed by atoms with Crippen molar-refractivity contribution in [2.75, 3.05) is 13.1 Å². The van der Waals surface area contributed by atoms with Crippen molar-refractivity contribution in [1.82, 2.24) is 20.4 Å². The van der Waals surface area contributed by atoms with Gasteiger partial charge in [-0.15, -0.1) is 0 Å². The highest BCUT2D eigenvalue weighted by Gasteiger charge is 2.47. The largest absolute Gasteiger partial charge is 0.342 e. The zero-order valence-corrected chi connectivity index (χ0v) is 22.2. The Balaban J connectivity index is 1.16. The second-order valence-corrected chi connectivity index (χ2v) is 11.9. The summed E-state index contributed by atoms with van der Waals surface area (Å²) in [4.78, 5) is 13.0. The lowest BCUT2D eigenvalue weighted by Crippen LogP contribution is -2.55. The summed E-state index contributed by atoms with van der Waals surface area (Å²) in [5, 5.41) is 13.1. The van der Waals surface area contributed by atoms with Crippen molar-refractivity contribution in [3.8, 4) is 22.4 Å². The van der Waals surface area contributed by atoms with Crippen LogP contribution in [0.1, 0.15) is 32.1 Å². The van der Waals surface area contributed by atoms with Gasteiger partial charge in [0.2, 0.25) is 0 Å². The summed E-state index contributed by atoms with van der Waals surface area (Å²) in [7, 11) is 0. The topological polar surface area (TPSA) is 59.0 Å². The van der Waals surface area contributed by atoms with Crippen LogP contribution in [0.5, 0.6) is 0 Å². The van der Waals surface area contributed by atoms with E-state index in [1.54, 1.807) is 18.3 Å². The van der Waals surface area contributed by atoms with E-state index < -0.39 is 0 Å². The summed E-state index contributed by atoms with van der Waals surface area (Å²) in [6.07, 6.45) is 8.73. The highest BCUT2D eigenvalue weighted by molar-refractivity contribution is 6.36. The molecule has 3 aromatic rings. The van der Waals surface area contributed by atoms with Gasteiger partial charge in [0.15, 0.2) is 0 Å². The predicted octanol–water partition coefficient (Wildman–Crippen LogP) is 7.15. The molecule has 0 unspecified atom stereocenters. The Hall–Kier alpha value is -2.05. The smallest absolute Gasteiger partial charge is 0.335 e. The van der Waals surface area contributed by atoms with E-state index in [-0.39, 0.29) is 6.03 Å². The van der Waals surface area contributed by atoms with Gasteiger partial charge in [0, 0.05) is 46.5 Å². The van der Waals surface area contributed by atoms with Crippen LogP contribution in [0.2, 0.25) is 15.1 Å². The number of aromatic nitrogens is 2. The van der Waals surface area contributed by atoms with Crippen molar-refractivity contribution in [3.63, 3.8) is 0 Å². The molecule has 4 bridgehead atoms. The number of halogens is 3. The average Bonchev–Trinajstić information content (AvgIpc) is 3.28. The van der Waals surface area contributed by atoms with Crippen LogP contribution in [0, 0.1) is 23.7 Å². The van der Waals surface area contributed by atoms with Crippen molar-refractivity contribution in [2.24, 2.45) is 23.7 Å². The number of carbonyl (C=O) groups excluding carboxylic acids is 1. The normalized spacial score (nSPS) is 26.4. The molecule has 0 atom stereocenters. The van der Waals surface area contributed by atoms with Crippen LogP contribution in [0.4, 0.5) is 4.79 Å². The quantitative estimate of drug-likeness (QED) is 0.325. The van der Waals surface area contributed by atoms with E-state index in [4.69, 9.17) is 34.8 Å². The van der Waals surface area contributed by atoms with Gasteiger partial charge in [0.05, 0.1) is 5.02 Å². The molecule has 4 fully saturated rings. The molecule has 0 spiro atoms. The zero-order valence-electron chi connectivity index (χ0n) is 19.9. The molecule has 1 heterocycles. The van der Waals surface area contributed by atoms with Gasteiger partial charge in [-0.1, -0.05) is 46.9 Å². The molecule has 0 saturated heterocycles. The molecule has 8 heteroatoms. The summed E-state index contributed by atoms with van der Waals surface area (Å²) in [6, 6.07) is 13.1. The molecule has 4 aliphatic carbocycles. The maximum Gasteiger partial charge on any atom is 0.342 e. The number of carbonyl (C=O) groups is 1. The van der Waals surface area contributed by atoms with Gasteiger partial charge >= 0.3 is 6.03 Å². The maximum atomic E-state index is 13.0. The molecule has 0 aliphatic heterocycles. The van der Waals surface area contributed by atoms with Crippen molar-refractivity contribution in [1.29, 1.82) is 0 Å². The summed E-state index contributed by atoms with van der Waals surface area (Å²) in [6.45, 7) is 1.31. The third-order valence-electron chi connectivity index (χ3n) is 8.27. The Kier molecular flexibility index (Phi) is 6.76. The van der Waals surface area contributed by atoms with Crippen LogP contribution in [-0.2, 0) is 0 Å². The average molecular weight is 544 g/mol. The molecule has 0 radical (unpaired) electrons. The van der Waals surface area contributed by atoms with Gasteiger partial charge in [-0.05, 0) is 91.7 Å². The lowest BCUT2D eigenvalue weighted by atomic mass is 9.54. The van der Waals surface area contributed by atoms with Crippen LogP contribution in [0.25, 0.3) is 22.4 Å². The van der Waals surface area contributed by atoms with Crippen LogP contribution < -0.4 is 10.6 Å². The molecule has 2 aromatic carbocycles. The molecule has 1 aromatic heterocycles. The number of benzene rings is 2. The predicted molar refractivity (Wildman–Crippen MR) is 146 cm³/mol. The molecule has 5 nitrogen and oxygen atoms in total. The van der Waals surface area contributed by atoms with Gasteiger partial charge in [-0.25, -0.2) is 4.79 Å². The van der Waals surface area contributed by atoms with E-state index in [9.17, 15) is 4.79 Å². The fourth-order valence-electron chi connectivity index (χ4n) is 6.95. The van der Waals surface area contributed by atoms with E-state index >= 15 is 0 Å². The third-order valence-corrected chi connectivity index (χ3v) is 9.07. The highest BCUT2D eigenvalue weighted by atomic mass is 35.5. The molecule has 7 rings (SSSR count). The van der Waals surface area contributed by atoms with Crippen molar-refractivity contribution in [2.45, 2.75) is 38.1 Å². The van der Waals surface area contributed by atoms with Gasteiger partial charge < -0.3 is 10.6 Å². The first-order valence-corrected chi connectivity index (χ1v) is 13.9. The Bertz CT molecular complexity index is 1240. The molecule has 36 heavy (non-hydrogen) atoms. The second-order valence-electron chi connectivity index (χ2n) is 10.6. The van der Waals surface area contributed by atoms with Crippen LogP contribution in [0.15, 0.2) is 48.7 Å². The molecule has 4 saturated carbocycles. The first kappa shape index (κ1) is 24.3. The minimum Gasteiger partial charge on any atom is -0.335 e. The molecule has 2 N–H and O–H groups in total.